The van der Waals surface area contributed by atoms with Crippen LogP contribution in [0.25, 0.3) is 0 Å². The fourth-order valence-corrected chi connectivity index (χ4v) is 4.19. The molecule has 3 aromatic carbocycles. The van der Waals surface area contributed by atoms with Crippen LogP contribution in [0.4, 0.5) is 0 Å². The Bertz CT molecular complexity index is 1360. The zero-order chi connectivity index (χ0) is 22.2. The van der Waals surface area contributed by atoms with Gasteiger partial charge in [-0.2, -0.15) is 0 Å². The Morgan fingerprint density at radius 2 is 1.47 bits per heavy atom. The fraction of sp³-hybridized carbons (Fsp3) is 0.0833. The number of ketones is 2. The zero-order valence-electron chi connectivity index (χ0n) is 16.6. The van der Waals surface area contributed by atoms with E-state index in [0.29, 0.717) is 50.3 Å². The van der Waals surface area contributed by atoms with Gasteiger partial charge in [0, 0.05) is 22.3 Å². The maximum Gasteiger partial charge on any atom is 0.194 e. The van der Waals surface area contributed by atoms with Gasteiger partial charge in [0.15, 0.2) is 17.3 Å². The number of aromatic nitrogens is 3. The van der Waals surface area contributed by atoms with Crippen molar-refractivity contribution in [1.82, 2.24) is 15.0 Å². The predicted octanol–water partition coefficient (Wildman–Crippen LogP) is 4.99. The van der Waals surface area contributed by atoms with E-state index in [9.17, 15) is 9.59 Å². The van der Waals surface area contributed by atoms with Gasteiger partial charge < -0.3 is 4.74 Å². The van der Waals surface area contributed by atoms with Crippen molar-refractivity contribution in [3.63, 3.8) is 0 Å². The lowest BCUT2D eigenvalue weighted by Gasteiger charge is -2.18. The first-order valence-electron chi connectivity index (χ1n) is 9.78. The third-order valence-corrected chi connectivity index (χ3v) is 5.80. The summed E-state index contributed by atoms with van der Waals surface area (Å²) in [6.45, 7) is 0.535. The first-order valence-corrected chi connectivity index (χ1v) is 10.5. The van der Waals surface area contributed by atoms with Crippen LogP contribution in [0, 0.1) is 0 Å². The molecule has 0 spiro atoms. The average Bonchev–Trinajstić information content (AvgIpc) is 3.24. The second-order valence-electron chi connectivity index (χ2n) is 7.33. The molecular weight excluding hydrogens is 449 g/mol. The Morgan fingerprint density at radius 1 is 0.812 bits per heavy atom. The van der Waals surface area contributed by atoms with Gasteiger partial charge >= 0.3 is 0 Å². The quantitative estimate of drug-likeness (QED) is 0.367. The van der Waals surface area contributed by atoms with Gasteiger partial charge in [-0.05, 0) is 29.8 Å². The molecule has 0 saturated carbocycles. The summed E-state index contributed by atoms with van der Waals surface area (Å²) < 4.78 is 7.33. The number of hydrogen-bond donors (Lipinski definition) is 0. The van der Waals surface area contributed by atoms with Crippen LogP contribution in [0.15, 0.2) is 66.9 Å². The van der Waals surface area contributed by atoms with Crippen LogP contribution in [0.1, 0.15) is 43.1 Å². The van der Waals surface area contributed by atoms with E-state index in [4.69, 9.17) is 27.9 Å². The van der Waals surface area contributed by atoms with Crippen LogP contribution in [0.5, 0.6) is 5.75 Å². The predicted molar refractivity (Wildman–Crippen MR) is 120 cm³/mol. The van der Waals surface area contributed by atoms with Gasteiger partial charge in [0.05, 0.1) is 22.8 Å². The van der Waals surface area contributed by atoms with E-state index in [1.807, 2.05) is 6.07 Å². The number of carbonyl (C=O) groups excluding carboxylic acids is 2. The molecule has 0 N–H and O–H groups in total. The second kappa shape index (κ2) is 8.22. The van der Waals surface area contributed by atoms with Crippen molar-refractivity contribution in [3.05, 3.63) is 110 Å². The maximum absolute atomic E-state index is 12.9. The van der Waals surface area contributed by atoms with E-state index in [1.54, 1.807) is 65.5 Å². The molecule has 1 aliphatic carbocycles. The number of benzene rings is 3. The van der Waals surface area contributed by atoms with Gasteiger partial charge in [0.2, 0.25) is 0 Å². The van der Waals surface area contributed by atoms with E-state index in [2.05, 4.69) is 10.3 Å². The molecule has 32 heavy (non-hydrogen) atoms. The Kier molecular flexibility index (Phi) is 5.25. The Balaban J connectivity index is 1.33. The molecule has 0 unspecified atom stereocenters. The number of fused-ring (bicyclic) bond motifs is 2. The monoisotopic (exact) mass is 463 g/mol. The van der Waals surface area contributed by atoms with Crippen LogP contribution in [-0.2, 0) is 13.2 Å². The summed E-state index contributed by atoms with van der Waals surface area (Å²) in [5, 5.41) is 9.06. The van der Waals surface area contributed by atoms with Gasteiger partial charge in [-0.15, -0.1) is 5.10 Å². The van der Waals surface area contributed by atoms with Crippen molar-refractivity contribution < 1.29 is 14.3 Å². The van der Waals surface area contributed by atoms with Crippen molar-refractivity contribution >= 4 is 34.8 Å². The van der Waals surface area contributed by atoms with Gasteiger partial charge in [-0.1, -0.05) is 64.8 Å². The van der Waals surface area contributed by atoms with Crippen molar-refractivity contribution in [3.8, 4) is 5.75 Å². The summed E-state index contributed by atoms with van der Waals surface area (Å²) in [7, 11) is 0. The first-order chi connectivity index (χ1) is 15.5. The maximum atomic E-state index is 12.9. The minimum absolute atomic E-state index is 0.139. The van der Waals surface area contributed by atoms with Gasteiger partial charge in [0.1, 0.15) is 12.3 Å². The van der Waals surface area contributed by atoms with Crippen molar-refractivity contribution in [2.45, 2.75) is 13.2 Å². The number of para-hydroxylation sites is 1. The van der Waals surface area contributed by atoms with E-state index in [1.165, 1.54) is 0 Å². The van der Waals surface area contributed by atoms with Crippen LogP contribution >= 0.6 is 23.2 Å². The minimum atomic E-state index is -0.152. The third-order valence-electron chi connectivity index (χ3n) is 5.20. The van der Waals surface area contributed by atoms with Gasteiger partial charge in [-0.3, -0.25) is 9.59 Å². The van der Waals surface area contributed by atoms with Gasteiger partial charge in [-0.25, -0.2) is 4.68 Å². The van der Waals surface area contributed by atoms with E-state index in [0.717, 1.165) is 5.56 Å². The third kappa shape index (κ3) is 3.68. The van der Waals surface area contributed by atoms with Crippen LogP contribution in [-0.4, -0.2) is 26.6 Å². The van der Waals surface area contributed by atoms with Crippen molar-refractivity contribution in [2.75, 3.05) is 0 Å². The molecule has 1 aliphatic rings. The average molecular weight is 464 g/mol. The standard InChI is InChI=1S/C24H15Cl2N3O3/c25-20-6-3-7-21(26)24(20)32-13-15-12-29(28-27-15)11-14-8-9-18-19(10-14)23(31)17-5-2-1-4-16(17)22(18)30/h1-10,12H,11,13H2. The summed E-state index contributed by atoms with van der Waals surface area (Å²) in [4.78, 5) is 25.7. The Morgan fingerprint density at radius 3 is 2.19 bits per heavy atom. The van der Waals surface area contributed by atoms with E-state index >= 15 is 0 Å². The highest BCUT2D eigenvalue weighted by Gasteiger charge is 2.29. The summed E-state index contributed by atoms with van der Waals surface area (Å²) >= 11 is 12.2. The lowest BCUT2D eigenvalue weighted by Crippen LogP contribution is -2.21. The lowest BCUT2D eigenvalue weighted by atomic mass is 9.83. The number of rotatable bonds is 5. The number of carbonyl (C=O) groups is 2. The number of ether oxygens (including phenoxy) is 1. The molecule has 4 aromatic rings. The lowest BCUT2D eigenvalue weighted by molar-refractivity contribution is 0.0979. The summed E-state index contributed by atoms with van der Waals surface area (Å²) in [6.07, 6.45) is 1.74. The number of hydrogen-bond acceptors (Lipinski definition) is 5. The highest BCUT2D eigenvalue weighted by Crippen LogP contribution is 2.33. The molecule has 6 nitrogen and oxygen atoms in total. The first kappa shape index (κ1) is 20.4. The molecular formula is C24H15Cl2N3O3. The summed E-state index contributed by atoms with van der Waals surface area (Å²) in [5.74, 6) is 0.102. The molecule has 158 valence electrons. The molecule has 0 radical (unpaired) electrons. The molecule has 0 bridgehead atoms. The number of halogens is 2. The second-order valence-corrected chi connectivity index (χ2v) is 8.15. The van der Waals surface area contributed by atoms with Gasteiger partial charge in [0.25, 0.3) is 0 Å². The summed E-state index contributed by atoms with van der Waals surface area (Å²) in [5.41, 5.74) is 3.12. The molecule has 0 amide bonds. The summed E-state index contributed by atoms with van der Waals surface area (Å²) in [6, 6.07) is 17.3. The fourth-order valence-electron chi connectivity index (χ4n) is 3.68. The molecule has 5 rings (SSSR count). The highest BCUT2D eigenvalue weighted by atomic mass is 35.5. The Hall–Kier alpha value is -3.48. The molecule has 8 heteroatoms. The van der Waals surface area contributed by atoms with Crippen molar-refractivity contribution in [2.24, 2.45) is 0 Å². The van der Waals surface area contributed by atoms with Crippen molar-refractivity contribution in [1.29, 1.82) is 0 Å². The molecule has 0 atom stereocenters. The van der Waals surface area contributed by atoms with Crippen LogP contribution < -0.4 is 4.74 Å². The topological polar surface area (TPSA) is 74.1 Å². The molecule has 0 saturated heterocycles. The smallest absolute Gasteiger partial charge is 0.194 e. The molecule has 1 heterocycles. The van der Waals surface area contributed by atoms with Crippen LogP contribution in [0.2, 0.25) is 10.0 Å². The SMILES string of the molecule is O=C1c2ccccc2C(=O)c2cc(Cn3cc(COc4c(Cl)cccc4Cl)nn3)ccc21. The van der Waals surface area contributed by atoms with E-state index in [-0.39, 0.29) is 18.2 Å². The molecule has 0 fully saturated rings. The molecule has 1 aromatic heterocycles. The Labute approximate surface area is 193 Å². The number of nitrogens with zero attached hydrogens (tertiary/aromatic N) is 3. The largest absolute Gasteiger partial charge is 0.484 e. The molecule has 0 aliphatic heterocycles. The minimum Gasteiger partial charge on any atom is -0.484 e. The highest BCUT2D eigenvalue weighted by molar-refractivity contribution is 6.37. The zero-order valence-corrected chi connectivity index (χ0v) is 18.1. The van der Waals surface area contributed by atoms with E-state index < -0.39 is 0 Å². The van der Waals surface area contributed by atoms with Crippen LogP contribution in [0.3, 0.4) is 0 Å². The normalized spacial score (nSPS) is 12.4.